The molecule has 0 fully saturated rings. The number of aliphatic hydroxyl groups excluding tert-OH is 2. The van der Waals surface area contributed by atoms with E-state index in [0.29, 0.717) is 0 Å². The highest BCUT2D eigenvalue weighted by molar-refractivity contribution is 7.80. The lowest BCUT2D eigenvalue weighted by molar-refractivity contribution is -0.141. The molecular formula is C12H22N2O6S. The number of nitrogens with one attached hydrogen (secondary N) is 2. The van der Waals surface area contributed by atoms with Crippen molar-refractivity contribution < 1.29 is 29.7 Å². The molecule has 8 nitrogen and oxygen atoms in total. The predicted molar refractivity (Wildman–Crippen MR) is 77.9 cm³/mol. The molecule has 0 aromatic rings. The van der Waals surface area contributed by atoms with Crippen LogP contribution in [0.2, 0.25) is 0 Å². The Morgan fingerprint density at radius 1 is 1.29 bits per heavy atom. The van der Waals surface area contributed by atoms with Gasteiger partial charge in [0.2, 0.25) is 11.8 Å². The first-order valence-corrected chi connectivity index (χ1v) is 6.98. The molecule has 0 saturated heterocycles. The van der Waals surface area contributed by atoms with Gasteiger partial charge in [0, 0.05) is 24.1 Å². The molecule has 0 aliphatic rings. The average molecular weight is 322 g/mol. The first-order chi connectivity index (χ1) is 9.65. The number of carboxylic acids is 1. The fraction of sp³-hybridized carbons (Fsp3) is 0.750. The summed E-state index contributed by atoms with van der Waals surface area (Å²) in [6.07, 6.45) is -1.54. The molecular weight excluding hydrogens is 300 g/mol. The van der Waals surface area contributed by atoms with Gasteiger partial charge in [0.1, 0.15) is 12.1 Å². The van der Waals surface area contributed by atoms with Gasteiger partial charge in [-0.1, -0.05) is 13.8 Å². The van der Waals surface area contributed by atoms with Gasteiger partial charge in [0.25, 0.3) is 0 Å². The lowest BCUT2D eigenvalue weighted by Crippen LogP contribution is -2.47. The molecule has 0 rings (SSSR count). The highest BCUT2D eigenvalue weighted by atomic mass is 32.1. The van der Waals surface area contributed by atoms with Crippen molar-refractivity contribution >= 4 is 30.4 Å². The molecule has 9 heteroatoms. The van der Waals surface area contributed by atoms with Crippen LogP contribution in [0.3, 0.4) is 0 Å². The third-order valence-electron chi connectivity index (χ3n) is 2.86. The summed E-state index contributed by atoms with van der Waals surface area (Å²) in [6.45, 7) is 2.62. The molecule has 2 atom stereocenters. The van der Waals surface area contributed by atoms with Crippen molar-refractivity contribution in [3.8, 4) is 0 Å². The Kier molecular flexibility index (Phi) is 8.30. The van der Waals surface area contributed by atoms with E-state index >= 15 is 0 Å². The number of aliphatic hydroxyl groups is 2. The smallest absolute Gasteiger partial charge is 0.327 e. The molecule has 0 saturated carbocycles. The van der Waals surface area contributed by atoms with Crippen molar-refractivity contribution in [3.63, 3.8) is 0 Å². The molecule has 21 heavy (non-hydrogen) atoms. The number of amides is 2. The minimum Gasteiger partial charge on any atom is -0.480 e. The summed E-state index contributed by atoms with van der Waals surface area (Å²) < 4.78 is 0. The molecule has 0 spiro atoms. The second-order valence-electron chi connectivity index (χ2n) is 5.23. The fourth-order valence-electron chi connectivity index (χ4n) is 1.29. The number of hydrogen-bond acceptors (Lipinski definition) is 6. The predicted octanol–water partition coefficient (Wildman–Crippen LogP) is -1.63. The number of carbonyl (C=O) groups is 3. The Balaban J connectivity index is 4.17. The summed E-state index contributed by atoms with van der Waals surface area (Å²) in [5.74, 6) is -2.49. The summed E-state index contributed by atoms with van der Waals surface area (Å²) in [5.41, 5.74) is -0.993. The zero-order valence-corrected chi connectivity index (χ0v) is 12.9. The number of rotatable bonds is 9. The van der Waals surface area contributed by atoms with E-state index in [4.69, 9.17) is 10.2 Å². The first kappa shape index (κ1) is 19.7. The van der Waals surface area contributed by atoms with Crippen LogP contribution in [0.1, 0.15) is 20.3 Å². The van der Waals surface area contributed by atoms with Crippen LogP contribution in [0.5, 0.6) is 0 Å². The summed E-state index contributed by atoms with van der Waals surface area (Å²) in [5, 5.41) is 32.1. The Labute approximate surface area is 128 Å². The van der Waals surface area contributed by atoms with Gasteiger partial charge in [0.05, 0.1) is 6.61 Å². The number of aliphatic carboxylic acids is 1. The van der Waals surface area contributed by atoms with Crippen LogP contribution in [0.15, 0.2) is 0 Å². The maximum Gasteiger partial charge on any atom is 0.327 e. The van der Waals surface area contributed by atoms with Crippen LogP contribution in [0, 0.1) is 5.41 Å². The van der Waals surface area contributed by atoms with E-state index < -0.39 is 35.3 Å². The fourth-order valence-corrected chi connectivity index (χ4v) is 1.54. The van der Waals surface area contributed by atoms with E-state index in [-0.39, 0.29) is 25.3 Å². The topological polar surface area (TPSA) is 136 Å². The van der Waals surface area contributed by atoms with E-state index in [9.17, 15) is 19.5 Å². The maximum atomic E-state index is 11.6. The molecule has 0 aliphatic heterocycles. The van der Waals surface area contributed by atoms with Gasteiger partial charge in [-0.2, -0.15) is 12.6 Å². The summed E-state index contributed by atoms with van der Waals surface area (Å²) in [7, 11) is 0. The zero-order chi connectivity index (χ0) is 16.6. The first-order valence-electron chi connectivity index (χ1n) is 6.35. The van der Waals surface area contributed by atoms with Crippen molar-refractivity contribution in [2.75, 3.05) is 18.9 Å². The lowest BCUT2D eigenvalue weighted by atomic mass is 9.87. The minimum atomic E-state index is -1.41. The van der Waals surface area contributed by atoms with Crippen molar-refractivity contribution in [2.24, 2.45) is 5.41 Å². The standard InChI is InChI=1S/C12H22N2O6S/c1-12(2,6-15)9(17)10(18)13-4-3-8(16)14-7(5-21)11(19)20/h7,9,15,17,21H,3-6H2,1-2H3,(H,13,18)(H,14,16)(H,19,20). The van der Waals surface area contributed by atoms with Crippen LogP contribution in [0.25, 0.3) is 0 Å². The highest BCUT2D eigenvalue weighted by Gasteiger charge is 2.32. The second kappa shape index (κ2) is 8.85. The van der Waals surface area contributed by atoms with E-state index in [2.05, 4.69) is 23.3 Å². The molecule has 2 unspecified atom stereocenters. The Morgan fingerprint density at radius 3 is 2.29 bits per heavy atom. The third-order valence-corrected chi connectivity index (χ3v) is 3.23. The van der Waals surface area contributed by atoms with Gasteiger partial charge >= 0.3 is 5.97 Å². The van der Waals surface area contributed by atoms with Gasteiger partial charge < -0.3 is 26.0 Å². The van der Waals surface area contributed by atoms with E-state index in [1.54, 1.807) is 0 Å². The summed E-state index contributed by atoms with van der Waals surface area (Å²) in [4.78, 5) is 33.8. The van der Waals surface area contributed by atoms with Gasteiger partial charge in [-0.25, -0.2) is 4.79 Å². The molecule has 0 heterocycles. The van der Waals surface area contributed by atoms with Gasteiger partial charge in [0.15, 0.2) is 0 Å². The van der Waals surface area contributed by atoms with E-state index in [1.165, 1.54) is 13.8 Å². The molecule has 0 aromatic carbocycles. The number of hydrogen-bond donors (Lipinski definition) is 6. The van der Waals surface area contributed by atoms with Crippen molar-refractivity contribution in [1.29, 1.82) is 0 Å². The molecule has 5 N–H and O–H groups in total. The molecule has 122 valence electrons. The SMILES string of the molecule is CC(C)(CO)C(O)C(=O)NCCC(=O)NC(CS)C(=O)O. The number of carbonyl (C=O) groups excluding carboxylic acids is 2. The monoisotopic (exact) mass is 322 g/mol. The van der Waals surface area contributed by atoms with E-state index in [1.807, 2.05) is 0 Å². The normalized spacial score (nSPS) is 14.1. The highest BCUT2D eigenvalue weighted by Crippen LogP contribution is 2.19. The molecule has 2 amide bonds. The Hall–Kier alpha value is -1.32. The minimum absolute atomic E-state index is 0.0448. The largest absolute Gasteiger partial charge is 0.480 e. The Bertz CT molecular complexity index is 388. The Morgan fingerprint density at radius 2 is 1.86 bits per heavy atom. The van der Waals surface area contributed by atoms with Crippen LogP contribution >= 0.6 is 12.6 Å². The summed E-state index contributed by atoms with van der Waals surface area (Å²) >= 11 is 3.80. The van der Waals surface area contributed by atoms with Crippen molar-refractivity contribution in [1.82, 2.24) is 10.6 Å². The number of thiol groups is 1. The van der Waals surface area contributed by atoms with Crippen LogP contribution in [-0.2, 0) is 14.4 Å². The number of carboxylic acid groups (broad SMARTS) is 1. The maximum absolute atomic E-state index is 11.6. The zero-order valence-electron chi connectivity index (χ0n) is 12.0. The quantitative estimate of drug-likeness (QED) is 0.282. The van der Waals surface area contributed by atoms with Crippen LogP contribution in [0.4, 0.5) is 0 Å². The summed E-state index contributed by atoms with van der Waals surface area (Å²) in [6, 6.07) is -1.09. The van der Waals surface area contributed by atoms with Crippen LogP contribution in [-0.4, -0.2) is 64.2 Å². The molecule has 0 aromatic heterocycles. The van der Waals surface area contributed by atoms with Crippen molar-refractivity contribution in [3.05, 3.63) is 0 Å². The molecule has 0 aliphatic carbocycles. The third kappa shape index (κ3) is 6.78. The van der Waals surface area contributed by atoms with Gasteiger partial charge in [-0.3, -0.25) is 9.59 Å². The second-order valence-corrected chi connectivity index (χ2v) is 5.60. The lowest BCUT2D eigenvalue weighted by Gasteiger charge is -2.27. The van der Waals surface area contributed by atoms with Gasteiger partial charge in [-0.05, 0) is 0 Å². The van der Waals surface area contributed by atoms with Crippen molar-refractivity contribution in [2.45, 2.75) is 32.4 Å². The molecule has 0 bridgehead atoms. The van der Waals surface area contributed by atoms with Crippen LogP contribution < -0.4 is 10.6 Å². The van der Waals surface area contributed by atoms with E-state index in [0.717, 1.165) is 0 Å². The molecule has 0 radical (unpaired) electrons. The average Bonchev–Trinajstić information content (AvgIpc) is 2.43. The van der Waals surface area contributed by atoms with Gasteiger partial charge in [-0.15, -0.1) is 0 Å².